The topological polar surface area (TPSA) is 6.48 Å². The van der Waals surface area contributed by atoms with Crippen LogP contribution < -0.4 is 0 Å². The summed E-state index contributed by atoms with van der Waals surface area (Å²) in [4.78, 5) is 0. The average molecular weight is 437 g/mol. The zero-order chi connectivity index (χ0) is 14.3. The fourth-order valence-corrected chi connectivity index (χ4v) is 6.61. The van der Waals surface area contributed by atoms with E-state index in [1.54, 1.807) is 0 Å². The second kappa shape index (κ2) is 18.6. The minimum atomic E-state index is -0.723. The second-order valence-electron chi connectivity index (χ2n) is 5.49. The molecule has 0 aliphatic carbocycles. The van der Waals surface area contributed by atoms with Gasteiger partial charge in [-0.3, -0.25) is 0 Å². The van der Waals surface area contributed by atoms with Gasteiger partial charge in [-0.05, 0) is 0 Å². The van der Waals surface area contributed by atoms with E-state index in [1.165, 1.54) is 77.5 Å². The van der Waals surface area contributed by atoms with Gasteiger partial charge in [0.1, 0.15) is 0 Å². The minimum absolute atomic E-state index is 0. The summed E-state index contributed by atoms with van der Waals surface area (Å²) in [6.45, 7) is 14.7. The standard InChI is InChI=1S/2C8H18N.ClH.Nd/c2*1-3-5-7-9-8-6-4-2;;/h2*3-8H2,1-2H3;1H;/q2*-1;;+2. The van der Waals surface area contributed by atoms with Crippen molar-refractivity contribution in [3.8, 4) is 0 Å². The van der Waals surface area contributed by atoms with Crippen molar-refractivity contribution in [2.75, 3.05) is 26.2 Å². The van der Waals surface area contributed by atoms with Gasteiger partial charge in [-0.15, -0.1) is 12.4 Å². The first-order chi connectivity index (χ1) is 9.28. The van der Waals surface area contributed by atoms with E-state index in [-0.39, 0.29) is 12.4 Å². The molecule has 20 heavy (non-hydrogen) atoms. The van der Waals surface area contributed by atoms with E-state index < -0.39 is 37.5 Å². The summed E-state index contributed by atoms with van der Waals surface area (Å²) in [5, 5.41) is 0. The summed E-state index contributed by atoms with van der Waals surface area (Å²) in [5.41, 5.74) is 0. The van der Waals surface area contributed by atoms with Crippen molar-refractivity contribution in [3.63, 3.8) is 0 Å². The van der Waals surface area contributed by atoms with Crippen LogP contribution in [0.2, 0.25) is 0 Å². The Bertz CT molecular complexity index is 148. The second-order valence-corrected chi connectivity index (χ2v) is 10.2. The fourth-order valence-electron chi connectivity index (χ4n) is 2.02. The zero-order valence-electron chi connectivity index (χ0n) is 14.3. The zero-order valence-corrected chi connectivity index (χ0v) is 18.3. The molecule has 0 N–H and O–H groups in total. The van der Waals surface area contributed by atoms with Gasteiger partial charge in [-0.25, -0.2) is 0 Å². The molecule has 2 nitrogen and oxygen atoms in total. The SMILES string of the molecule is CCCC[N](CCCC)[Nd][N](CCCC)CCCC.Cl. The van der Waals surface area contributed by atoms with Crippen molar-refractivity contribution in [2.45, 2.75) is 79.1 Å². The molecule has 0 saturated heterocycles. The third kappa shape index (κ3) is 14.5. The van der Waals surface area contributed by atoms with Crippen LogP contribution in [0.5, 0.6) is 0 Å². The Hall–Kier alpha value is 1.56. The van der Waals surface area contributed by atoms with Gasteiger partial charge in [0.25, 0.3) is 0 Å². The Morgan fingerprint density at radius 3 is 1.00 bits per heavy atom. The quantitative estimate of drug-likeness (QED) is 0.372. The van der Waals surface area contributed by atoms with Crippen molar-refractivity contribution in [1.29, 1.82) is 0 Å². The fraction of sp³-hybridized carbons (Fsp3) is 1.00. The Balaban J connectivity index is 0. The Morgan fingerprint density at radius 2 is 0.800 bits per heavy atom. The van der Waals surface area contributed by atoms with Gasteiger partial charge in [-0.2, -0.15) is 0 Å². The van der Waals surface area contributed by atoms with Crippen LogP contribution in [0.4, 0.5) is 0 Å². The first-order valence-corrected chi connectivity index (χ1v) is 11.4. The summed E-state index contributed by atoms with van der Waals surface area (Å²) in [6, 6.07) is 0. The maximum atomic E-state index is 2.87. The van der Waals surface area contributed by atoms with Gasteiger partial charge < -0.3 is 0 Å². The van der Waals surface area contributed by atoms with Gasteiger partial charge in [0, 0.05) is 0 Å². The largest absolute Gasteiger partial charge is 0.147 e. The first kappa shape index (κ1) is 23.8. The number of hydrogen-bond acceptors (Lipinski definition) is 2. The van der Waals surface area contributed by atoms with Crippen LogP contribution in [0.3, 0.4) is 0 Å². The van der Waals surface area contributed by atoms with E-state index in [2.05, 4.69) is 29.7 Å². The van der Waals surface area contributed by atoms with E-state index in [4.69, 9.17) is 0 Å². The molecular formula is C16H37ClN2Nd. The van der Waals surface area contributed by atoms with Crippen LogP contribution in [0.25, 0.3) is 0 Å². The molecule has 0 aliphatic rings. The van der Waals surface area contributed by atoms with Gasteiger partial charge in [-0.1, -0.05) is 0 Å². The summed E-state index contributed by atoms with van der Waals surface area (Å²) in [7, 11) is 0. The monoisotopic (exact) mass is 434 g/mol. The normalized spacial score (nSPS) is 10.9. The molecule has 0 fully saturated rings. The van der Waals surface area contributed by atoms with E-state index in [9.17, 15) is 0 Å². The molecule has 0 aliphatic heterocycles. The van der Waals surface area contributed by atoms with Crippen molar-refractivity contribution >= 4 is 12.4 Å². The molecule has 0 radical (unpaired) electrons. The summed E-state index contributed by atoms with van der Waals surface area (Å²) in [5.74, 6) is 0. The van der Waals surface area contributed by atoms with Crippen LogP contribution in [0, 0.1) is 37.5 Å². The molecule has 0 aromatic carbocycles. The van der Waals surface area contributed by atoms with E-state index in [0.29, 0.717) is 0 Å². The van der Waals surface area contributed by atoms with Gasteiger partial charge >= 0.3 is 145 Å². The predicted octanol–water partition coefficient (Wildman–Crippen LogP) is 5.13. The maximum absolute atomic E-state index is 2.87. The predicted molar refractivity (Wildman–Crippen MR) is 90.0 cm³/mol. The molecule has 0 spiro atoms. The molecule has 0 saturated carbocycles. The maximum Gasteiger partial charge on any atom is -0.147 e. The van der Waals surface area contributed by atoms with Crippen LogP contribution in [-0.4, -0.2) is 28.1 Å². The number of rotatable bonds is 14. The minimum Gasteiger partial charge on any atom is -0.147 e. The molecule has 0 rings (SSSR count). The number of hydrogen-bond donors (Lipinski definition) is 0. The van der Waals surface area contributed by atoms with Crippen molar-refractivity contribution in [1.82, 2.24) is 1.97 Å². The Kier molecular flexibility index (Phi) is 22.2. The molecule has 0 unspecified atom stereocenters. The van der Waals surface area contributed by atoms with E-state index >= 15 is 0 Å². The summed E-state index contributed by atoms with van der Waals surface area (Å²) < 4.78 is 5.75. The van der Waals surface area contributed by atoms with Gasteiger partial charge in [0.2, 0.25) is 0 Å². The van der Waals surface area contributed by atoms with Crippen molar-refractivity contribution in [3.05, 3.63) is 0 Å². The molecule has 0 aromatic rings. The molecule has 0 atom stereocenters. The van der Waals surface area contributed by atoms with Crippen LogP contribution in [-0.2, 0) is 0 Å². The van der Waals surface area contributed by atoms with Gasteiger partial charge in [0.05, 0.1) is 0 Å². The molecule has 0 bridgehead atoms. The molecule has 4 heteroatoms. The van der Waals surface area contributed by atoms with Crippen LogP contribution in [0.1, 0.15) is 79.1 Å². The molecular weight excluding hydrogens is 400 g/mol. The molecule has 0 heterocycles. The van der Waals surface area contributed by atoms with Crippen LogP contribution in [0.15, 0.2) is 0 Å². The number of unbranched alkanes of at least 4 members (excludes halogenated alkanes) is 4. The Labute approximate surface area is 155 Å². The smallest absolute Gasteiger partial charge is 0.147 e. The number of halogens is 1. The van der Waals surface area contributed by atoms with Crippen molar-refractivity contribution < 1.29 is 37.5 Å². The third-order valence-corrected chi connectivity index (χ3v) is 8.09. The first-order valence-electron chi connectivity index (χ1n) is 8.54. The summed E-state index contributed by atoms with van der Waals surface area (Å²) in [6.07, 6.45) is 11.0. The average Bonchev–Trinajstić information content (AvgIpc) is 2.44. The third-order valence-electron chi connectivity index (χ3n) is 3.41. The van der Waals surface area contributed by atoms with Gasteiger partial charge in [0.15, 0.2) is 0 Å². The van der Waals surface area contributed by atoms with E-state index in [0.717, 1.165) is 0 Å². The molecule has 122 valence electrons. The molecule has 0 aromatic heterocycles. The summed E-state index contributed by atoms with van der Waals surface area (Å²) >= 11 is -0.723. The number of nitrogens with zero attached hydrogens (tertiary/aromatic N) is 2. The molecule has 0 amide bonds. The van der Waals surface area contributed by atoms with Crippen LogP contribution >= 0.6 is 12.4 Å². The Morgan fingerprint density at radius 1 is 0.550 bits per heavy atom. The van der Waals surface area contributed by atoms with Crippen molar-refractivity contribution in [2.24, 2.45) is 0 Å². The van der Waals surface area contributed by atoms with E-state index in [1.807, 2.05) is 0 Å².